The lowest BCUT2D eigenvalue weighted by molar-refractivity contribution is -0.00361. The third kappa shape index (κ3) is 10.7. The van der Waals surface area contributed by atoms with Crippen LogP contribution in [0.2, 0.25) is 0 Å². The smallest absolute Gasteiger partial charge is 0.410 e. The van der Waals surface area contributed by atoms with Gasteiger partial charge < -0.3 is 24.6 Å². The van der Waals surface area contributed by atoms with Gasteiger partial charge in [-0.1, -0.05) is 52.0 Å². The second-order valence-corrected chi connectivity index (χ2v) is 12.2. The standard InChI is InChI=1S/C26H43F2NO7S/c1-6-8-9-10-11-13-20(7-2)29(24(32)36-25(3,4)5)17-21(31)18-35-22-14-12-15-23(16-22)37(33,34)26(27,28)19-30/h12,14-16,20-21,30-31H,6-11,13,17-19H2,1-5H3/t20?,21-/m0/s1. The van der Waals surface area contributed by atoms with Crippen molar-refractivity contribution in [3.05, 3.63) is 24.3 Å². The minimum Gasteiger partial charge on any atom is -0.491 e. The molecule has 2 N–H and O–H groups in total. The molecule has 0 aliphatic carbocycles. The van der Waals surface area contributed by atoms with E-state index in [4.69, 9.17) is 14.6 Å². The normalized spacial score (nSPS) is 14.2. The number of hydrogen-bond donors (Lipinski definition) is 2. The van der Waals surface area contributed by atoms with Crippen molar-refractivity contribution in [3.8, 4) is 5.75 Å². The second-order valence-electron chi connectivity index (χ2n) is 10.1. The Labute approximate surface area is 219 Å². The van der Waals surface area contributed by atoms with Crippen molar-refractivity contribution in [3.63, 3.8) is 0 Å². The summed E-state index contributed by atoms with van der Waals surface area (Å²) >= 11 is 0. The van der Waals surface area contributed by atoms with Gasteiger partial charge in [0, 0.05) is 6.04 Å². The van der Waals surface area contributed by atoms with Crippen LogP contribution in [0.3, 0.4) is 0 Å². The number of aliphatic hydroxyl groups is 2. The van der Waals surface area contributed by atoms with Crippen molar-refractivity contribution in [2.24, 2.45) is 0 Å². The average Bonchev–Trinajstić information content (AvgIpc) is 2.82. The van der Waals surface area contributed by atoms with Crippen LogP contribution in [0.25, 0.3) is 0 Å². The molecule has 11 heteroatoms. The fraction of sp³-hybridized carbons (Fsp3) is 0.731. The highest BCUT2D eigenvalue weighted by molar-refractivity contribution is 7.92. The highest BCUT2D eigenvalue weighted by Gasteiger charge is 2.45. The largest absolute Gasteiger partial charge is 0.491 e. The van der Waals surface area contributed by atoms with Gasteiger partial charge in [0.25, 0.3) is 0 Å². The van der Waals surface area contributed by atoms with E-state index in [0.717, 1.165) is 50.7 Å². The quantitative estimate of drug-likeness (QED) is 0.273. The van der Waals surface area contributed by atoms with Gasteiger partial charge in [0.05, 0.1) is 11.4 Å². The number of alkyl halides is 2. The fourth-order valence-corrected chi connectivity index (χ4v) is 4.76. The van der Waals surface area contributed by atoms with Crippen LogP contribution < -0.4 is 4.74 Å². The molecule has 8 nitrogen and oxygen atoms in total. The first-order valence-electron chi connectivity index (χ1n) is 12.8. The van der Waals surface area contributed by atoms with Crippen LogP contribution in [-0.4, -0.2) is 72.4 Å². The summed E-state index contributed by atoms with van der Waals surface area (Å²) in [7, 11) is -5.12. The maximum absolute atomic E-state index is 13.7. The number of carbonyl (C=O) groups excluding carboxylic acids is 1. The lowest BCUT2D eigenvalue weighted by atomic mass is 10.0. The summed E-state index contributed by atoms with van der Waals surface area (Å²) in [6.45, 7) is 7.14. The number of hydrogen-bond acceptors (Lipinski definition) is 7. The maximum atomic E-state index is 13.7. The number of unbranched alkanes of at least 4 members (excludes halogenated alkanes) is 4. The van der Waals surface area contributed by atoms with E-state index in [2.05, 4.69) is 6.92 Å². The number of rotatable bonds is 16. The van der Waals surface area contributed by atoms with Crippen LogP contribution in [0.15, 0.2) is 29.2 Å². The Hall–Kier alpha value is -1.98. The molecule has 0 radical (unpaired) electrons. The van der Waals surface area contributed by atoms with Crippen molar-refractivity contribution in [2.45, 2.75) is 107 Å². The van der Waals surface area contributed by atoms with E-state index in [9.17, 15) is 27.1 Å². The molecule has 0 spiro atoms. The zero-order valence-electron chi connectivity index (χ0n) is 22.6. The van der Waals surface area contributed by atoms with Crippen LogP contribution in [0.1, 0.15) is 79.6 Å². The summed E-state index contributed by atoms with van der Waals surface area (Å²) in [4.78, 5) is 13.8. The molecule has 1 aromatic carbocycles. The van der Waals surface area contributed by atoms with Gasteiger partial charge in [-0.3, -0.25) is 0 Å². The first kappa shape index (κ1) is 33.0. The van der Waals surface area contributed by atoms with Gasteiger partial charge in [-0.15, -0.1) is 0 Å². The third-order valence-electron chi connectivity index (χ3n) is 5.72. The van der Waals surface area contributed by atoms with E-state index in [1.165, 1.54) is 17.0 Å². The molecule has 0 fully saturated rings. The molecule has 0 aromatic heterocycles. The van der Waals surface area contributed by atoms with E-state index in [-0.39, 0.29) is 24.9 Å². The van der Waals surface area contributed by atoms with Crippen molar-refractivity contribution in [1.29, 1.82) is 0 Å². The third-order valence-corrected chi connectivity index (χ3v) is 7.51. The van der Waals surface area contributed by atoms with Crippen molar-refractivity contribution in [1.82, 2.24) is 4.90 Å². The summed E-state index contributed by atoms with van der Waals surface area (Å²) < 4.78 is 62.6. The molecule has 0 bridgehead atoms. The van der Waals surface area contributed by atoms with Crippen LogP contribution >= 0.6 is 0 Å². The second kappa shape index (κ2) is 14.8. The summed E-state index contributed by atoms with van der Waals surface area (Å²) in [5.41, 5.74) is -0.723. The molecule has 2 atom stereocenters. The Balaban J connectivity index is 2.93. The van der Waals surface area contributed by atoms with Crippen molar-refractivity contribution < 1.29 is 41.7 Å². The minimum atomic E-state index is -5.12. The number of ether oxygens (including phenoxy) is 2. The van der Waals surface area contributed by atoms with Gasteiger partial charge in [-0.25, -0.2) is 13.2 Å². The lowest BCUT2D eigenvalue weighted by Crippen LogP contribution is -2.47. The predicted molar refractivity (Wildman–Crippen MR) is 138 cm³/mol. The number of nitrogens with zero attached hydrogens (tertiary/aromatic N) is 1. The van der Waals surface area contributed by atoms with Gasteiger partial charge in [-0.05, 0) is 51.8 Å². The minimum absolute atomic E-state index is 0.0550. The van der Waals surface area contributed by atoms with E-state index in [1.807, 2.05) is 6.92 Å². The Morgan fingerprint density at radius 2 is 1.76 bits per heavy atom. The number of halogens is 2. The summed E-state index contributed by atoms with van der Waals surface area (Å²) in [5.74, 6) is -0.0550. The first-order chi connectivity index (χ1) is 17.2. The molecular formula is C26H43F2NO7S. The zero-order valence-corrected chi connectivity index (χ0v) is 23.4. The van der Waals surface area contributed by atoms with E-state index in [0.29, 0.717) is 6.42 Å². The monoisotopic (exact) mass is 551 g/mol. The fourth-order valence-electron chi connectivity index (χ4n) is 3.72. The summed E-state index contributed by atoms with van der Waals surface area (Å²) in [5, 5.41) is 15.1. The van der Waals surface area contributed by atoms with E-state index < -0.39 is 44.4 Å². The molecular weight excluding hydrogens is 508 g/mol. The van der Waals surface area contributed by atoms with Crippen LogP contribution in [-0.2, 0) is 14.6 Å². The van der Waals surface area contributed by atoms with Gasteiger partial charge in [0.2, 0.25) is 9.84 Å². The molecule has 1 amide bonds. The highest BCUT2D eigenvalue weighted by atomic mass is 32.2. The van der Waals surface area contributed by atoms with Crippen molar-refractivity contribution >= 4 is 15.9 Å². The van der Waals surface area contributed by atoms with Crippen LogP contribution in [0.4, 0.5) is 13.6 Å². The zero-order chi connectivity index (χ0) is 28.3. The number of sulfone groups is 1. The predicted octanol–water partition coefficient (Wildman–Crippen LogP) is 5.16. The average molecular weight is 552 g/mol. The topological polar surface area (TPSA) is 113 Å². The molecule has 1 aromatic rings. The molecule has 0 saturated heterocycles. The summed E-state index contributed by atoms with van der Waals surface area (Å²) in [6, 6.07) is 4.31. The molecule has 1 unspecified atom stereocenters. The van der Waals surface area contributed by atoms with Crippen molar-refractivity contribution in [2.75, 3.05) is 19.8 Å². The van der Waals surface area contributed by atoms with E-state index >= 15 is 0 Å². The van der Waals surface area contributed by atoms with Gasteiger partial charge in [-0.2, -0.15) is 8.78 Å². The van der Waals surface area contributed by atoms with Crippen LogP contribution in [0, 0.1) is 0 Å². The molecule has 214 valence electrons. The van der Waals surface area contributed by atoms with E-state index in [1.54, 1.807) is 20.8 Å². The molecule has 0 aliphatic rings. The lowest BCUT2D eigenvalue weighted by Gasteiger charge is -2.34. The number of amides is 1. The first-order valence-corrected chi connectivity index (χ1v) is 14.3. The summed E-state index contributed by atoms with van der Waals surface area (Å²) in [6.07, 6.45) is 5.11. The van der Waals surface area contributed by atoms with Gasteiger partial charge in [0.1, 0.15) is 30.7 Å². The number of carbonyl (C=O) groups is 1. The SMILES string of the molecule is CCCCCCCC(CC)N(C[C@H](O)COc1cccc(S(=O)(=O)C(F)(F)CO)c1)C(=O)OC(C)(C)C. The Kier molecular flexibility index (Phi) is 13.2. The Morgan fingerprint density at radius 3 is 2.32 bits per heavy atom. The molecule has 37 heavy (non-hydrogen) atoms. The molecule has 1 rings (SSSR count). The highest BCUT2D eigenvalue weighted by Crippen LogP contribution is 2.30. The molecule has 0 saturated carbocycles. The molecule has 0 heterocycles. The van der Waals surface area contributed by atoms with Crippen LogP contribution in [0.5, 0.6) is 5.75 Å². The number of benzene rings is 1. The number of aliphatic hydroxyl groups excluding tert-OH is 2. The van der Waals surface area contributed by atoms with Gasteiger partial charge >= 0.3 is 11.3 Å². The van der Waals surface area contributed by atoms with Gasteiger partial charge in [0.15, 0.2) is 0 Å². The Bertz CT molecular complexity index is 935. The Morgan fingerprint density at radius 1 is 1.11 bits per heavy atom. The maximum Gasteiger partial charge on any atom is 0.410 e. The molecule has 0 aliphatic heterocycles.